The molecule has 3 nitrogen and oxygen atoms in total. The Morgan fingerprint density at radius 3 is 2.55 bits per heavy atom. The highest BCUT2D eigenvalue weighted by atomic mass is 35.5. The van der Waals surface area contributed by atoms with Crippen molar-refractivity contribution in [2.75, 3.05) is 0 Å². The van der Waals surface area contributed by atoms with Crippen LogP contribution < -0.4 is 0 Å². The molecule has 2 heterocycles. The van der Waals surface area contributed by atoms with Crippen molar-refractivity contribution < 1.29 is 4.79 Å². The van der Waals surface area contributed by atoms with Gasteiger partial charge in [0.15, 0.2) is 5.82 Å². The van der Waals surface area contributed by atoms with Gasteiger partial charge in [-0.25, -0.2) is 9.97 Å². The van der Waals surface area contributed by atoms with Gasteiger partial charge in [0.05, 0.1) is 14.7 Å². The minimum atomic E-state index is -0.539. The van der Waals surface area contributed by atoms with Crippen molar-refractivity contribution in [3.8, 4) is 10.7 Å². The highest BCUT2D eigenvalue weighted by molar-refractivity contribution is 7.19. The molecule has 3 rings (SSSR count). The first kappa shape index (κ1) is 13.8. The third-order valence-corrected chi connectivity index (χ3v) is 4.40. The molecule has 0 amide bonds. The lowest BCUT2D eigenvalue weighted by atomic mass is 10.1. The van der Waals surface area contributed by atoms with Crippen molar-refractivity contribution in [2.24, 2.45) is 0 Å². The predicted octanol–water partition coefficient (Wildman–Crippen LogP) is 5.04. The van der Waals surface area contributed by atoms with Crippen LogP contribution in [-0.2, 0) is 0 Å². The monoisotopic (exact) mass is 342 g/mol. The summed E-state index contributed by atoms with van der Waals surface area (Å²) >= 11 is 18.9. The van der Waals surface area contributed by atoms with E-state index in [4.69, 9.17) is 34.8 Å². The van der Waals surface area contributed by atoms with Crippen molar-refractivity contribution in [2.45, 2.75) is 0 Å². The summed E-state index contributed by atoms with van der Waals surface area (Å²) in [6, 6.07) is 8.45. The molecule has 7 heteroatoms. The average Bonchev–Trinajstić information content (AvgIpc) is 2.84. The van der Waals surface area contributed by atoms with Gasteiger partial charge >= 0.3 is 0 Å². The van der Waals surface area contributed by atoms with Crippen LogP contribution in [0.1, 0.15) is 10.4 Å². The van der Waals surface area contributed by atoms with Crippen molar-refractivity contribution >= 4 is 62.3 Å². The average molecular weight is 344 g/mol. The number of hydrogen-bond acceptors (Lipinski definition) is 4. The van der Waals surface area contributed by atoms with Crippen LogP contribution in [0.5, 0.6) is 0 Å². The SMILES string of the molecule is O=C(Cl)c1ccc2c(Cl)nc(-c3ccc(Cl)s3)nc2c1. The summed E-state index contributed by atoms with van der Waals surface area (Å²) in [6.45, 7) is 0. The number of rotatable bonds is 2. The second-order valence-corrected chi connectivity index (χ2v) is 6.36. The van der Waals surface area contributed by atoms with E-state index in [1.165, 1.54) is 11.3 Å². The molecular weight excluding hydrogens is 339 g/mol. The zero-order chi connectivity index (χ0) is 14.3. The lowest BCUT2D eigenvalue weighted by Crippen LogP contribution is -1.93. The topological polar surface area (TPSA) is 42.9 Å². The van der Waals surface area contributed by atoms with Gasteiger partial charge in [-0.2, -0.15) is 0 Å². The number of hydrogen-bond donors (Lipinski definition) is 0. The van der Waals surface area contributed by atoms with Gasteiger partial charge < -0.3 is 0 Å². The summed E-state index contributed by atoms with van der Waals surface area (Å²) in [5, 5.41) is 0.449. The molecule has 1 aromatic carbocycles. The van der Waals surface area contributed by atoms with E-state index in [0.717, 1.165) is 4.88 Å². The normalized spacial score (nSPS) is 10.9. The standard InChI is InChI=1S/C13H5Cl3N2OS/c14-10-4-3-9(20-10)13-17-8-5-6(12(16)19)1-2-7(8)11(15)18-13/h1-5H. The maximum atomic E-state index is 11.2. The fourth-order valence-corrected chi connectivity index (χ4v) is 3.09. The van der Waals surface area contributed by atoms with Crippen molar-refractivity contribution in [1.29, 1.82) is 0 Å². The number of benzene rings is 1. The van der Waals surface area contributed by atoms with Crippen molar-refractivity contribution in [3.05, 3.63) is 45.4 Å². The van der Waals surface area contributed by atoms with E-state index in [0.29, 0.717) is 31.8 Å². The maximum absolute atomic E-state index is 11.2. The minimum Gasteiger partial charge on any atom is -0.276 e. The lowest BCUT2D eigenvalue weighted by molar-refractivity contribution is 0.108. The predicted molar refractivity (Wildman–Crippen MR) is 83.1 cm³/mol. The molecular formula is C13H5Cl3N2OS. The molecule has 0 saturated carbocycles. The lowest BCUT2D eigenvalue weighted by Gasteiger charge is -2.04. The highest BCUT2D eigenvalue weighted by Gasteiger charge is 2.11. The Morgan fingerprint density at radius 1 is 1.10 bits per heavy atom. The third kappa shape index (κ3) is 2.52. The van der Waals surface area contributed by atoms with Crippen LogP contribution in [0.3, 0.4) is 0 Å². The number of aromatic nitrogens is 2. The van der Waals surface area contributed by atoms with Crippen LogP contribution in [0.4, 0.5) is 0 Å². The van der Waals surface area contributed by atoms with Crippen LogP contribution in [0, 0.1) is 0 Å². The van der Waals surface area contributed by atoms with Gasteiger partial charge in [0.25, 0.3) is 5.24 Å². The maximum Gasteiger partial charge on any atom is 0.252 e. The van der Waals surface area contributed by atoms with Gasteiger partial charge in [-0.1, -0.05) is 23.2 Å². The van der Waals surface area contributed by atoms with Crippen LogP contribution in [0.15, 0.2) is 30.3 Å². The zero-order valence-corrected chi connectivity index (χ0v) is 12.8. The largest absolute Gasteiger partial charge is 0.276 e. The Kier molecular flexibility index (Phi) is 3.65. The van der Waals surface area contributed by atoms with E-state index in [-0.39, 0.29) is 0 Å². The Hall–Kier alpha value is -1.20. The molecule has 20 heavy (non-hydrogen) atoms. The molecule has 0 bridgehead atoms. The number of carbonyl (C=O) groups excluding carboxylic acids is 1. The van der Waals surface area contributed by atoms with E-state index in [2.05, 4.69) is 9.97 Å². The summed E-state index contributed by atoms with van der Waals surface area (Å²) in [6.07, 6.45) is 0. The molecule has 3 aromatic rings. The van der Waals surface area contributed by atoms with Crippen LogP contribution in [0.2, 0.25) is 9.49 Å². The van der Waals surface area contributed by atoms with Crippen molar-refractivity contribution in [1.82, 2.24) is 9.97 Å². The molecule has 0 unspecified atom stereocenters. The summed E-state index contributed by atoms with van der Waals surface area (Å²) in [7, 11) is 0. The molecule has 0 radical (unpaired) electrons. The fourth-order valence-electron chi connectivity index (χ4n) is 1.76. The molecule has 100 valence electrons. The van der Waals surface area contributed by atoms with Crippen LogP contribution in [0.25, 0.3) is 21.6 Å². The number of nitrogens with zero attached hydrogens (tertiary/aromatic N) is 2. The first-order valence-electron chi connectivity index (χ1n) is 5.47. The molecule has 0 atom stereocenters. The third-order valence-electron chi connectivity index (χ3n) is 2.67. The fraction of sp³-hybridized carbons (Fsp3) is 0. The van der Waals surface area contributed by atoms with E-state index in [9.17, 15) is 4.79 Å². The zero-order valence-electron chi connectivity index (χ0n) is 9.73. The van der Waals surface area contributed by atoms with E-state index in [1.54, 1.807) is 24.3 Å². The first-order valence-corrected chi connectivity index (χ1v) is 7.42. The van der Waals surface area contributed by atoms with Gasteiger partial charge in [-0.05, 0) is 41.9 Å². The minimum absolute atomic E-state index is 0.322. The van der Waals surface area contributed by atoms with Crippen molar-refractivity contribution in [3.63, 3.8) is 0 Å². The summed E-state index contributed by atoms with van der Waals surface area (Å²) in [5.74, 6) is 0.471. The Labute approximate surface area is 133 Å². The Bertz CT molecular complexity index is 832. The molecule has 0 fully saturated rings. The van der Waals surface area contributed by atoms with Crippen LogP contribution >= 0.6 is 46.1 Å². The number of halogens is 3. The Morgan fingerprint density at radius 2 is 1.90 bits per heavy atom. The van der Waals surface area contributed by atoms with E-state index >= 15 is 0 Å². The van der Waals surface area contributed by atoms with Gasteiger partial charge in [0, 0.05) is 10.9 Å². The quantitative estimate of drug-likeness (QED) is 0.483. The van der Waals surface area contributed by atoms with Gasteiger partial charge in [0.2, 0.25) is 0 Å². The molecule has 0 N–H and O–H groups in total. The van der Waals surface area contributed by atoms with Gasteiger partial charge in [-0.15, -0.1) is 11.3 Å². The van der Waals surface area contributed by atoms with E-state index < -0.39 is 5.24 Å². The van der Waals surface area contributed by atoms with Gasteiger partial charge in [-0.3, -0.25) is 4.79 Å². The van der Waals surface area contributed by atoms with Gasteiger partial charge in [0.1, 0.15) is 5.15 Å². The summed E-state index contributed by atoms with van der Waals surface area (Å²) in [5.41, 5.74) is 0.931. The summed E-state index contributed by atoms with van der Waals surface area (Å²) < 4.78 is 0.643. The Balaban J connectivity index is 2.23. The number of carbonyl (C=O) groups is 1. The number of fused-ring (bicyclic) bond motifs is 1. The second-order valence-electron chi connectivity index (χ2n) is 3.95. The smallest absolute Gasteiger partial charge is 0.252 e. The van der Waals surface area contributed by atoms with Crippen LogP contribution in [-0.4, -0.2) is 15.2 Å². The first-order chi connectivity index (χ1) is 9.54. The second kappa shape index (κ2) is 5.30. The van der Waals surface area contributed by atoms with E-state index in [1.807, 2.05) is 6.07 Å². The molecule has 0 aliphatic heterocycles. The highest BCUT2D eigenvalue weighted by Crippen LogP contribution is 2.31. The molecule has 0 spiro atoms. The molecule has 2 aromatic heterocycles. The molecule has 0 saturated heterocycles. The summed E-state index contributed by atoms with van der Waals surface area (Å²) in [4.78, 5) is 20.7. The molecule has 0 aliphatic rings. The number of thiophene rings is 1. The molecule has 0 aliphatic carbocycles.